The van der Waals surface area contributed by atoms with Crippen molar-refractivity contribution in [3.8, 4) is 0 Å². The Morgan fingerprint density at radius 2 is 1.30 bits per heavy atom. The summed E-state index contributed by atoms with van der Waals surface area (Å²) in [5.74, 6) is -6.01. The van der Waals surface area contributed by atoms with E-state index < -0.39 is 72.9 Å². The van der Waals surface area contributed by atoms with Crippen molar-refractivity contribution in [1.29, 1.82) is 0 Å². The Morgan fingerprint density at radius 3 is 1.87 bits per heavy atom. The van der Waals surface area contributed by atoms with E-state index in [0.29, 0.717) is 16.5 Å². The fourth-order valence-corrected chi connectivity index (χ4v) is 4.90. The third kappa shape index (κ3) is 14.1. The number of hydrogen-bond donors (Lipinski definition) is 5. The molecule has 5 N–H and O–H groups in total. The van der Waals surface area contributed by atoms with E-state index in [-0.39, 0.29) is 56.4 Å². The predicted octanol–water partition coefficient (Wildman–Crippen LogP) is 4.52. The molecule has 13 nitrogen and oxygen atoms in total. The molecule has 0 unspecified atom stereocenters. The maximum atomic E-state index is 13.6. The van der Waals surface area contributed by atoms with E-state index in [4.69, 9.17) is 9.15 Å². The molecule has 3 aromatic rings. The number of anilines is 1. The molecular weight excluding hydrogens is 720 g/mol. The van der Waals surface area contributed by atoms with E-state index in [2.05, 4.69) is 16.0 Å². The van der Waals surface area contributed by atoms with E-state index in [1.165, 1.54) is 18.2 Å². The molecular formula is C34H37F6N5O8. The molecule has 0 spiro atoms. The van der Waals surface area contributed by atoms with Crippen LogP contribution in [-0.2, 0) is 30.5 Å². The summed E-state index contributed by atoms with van der Waals surface area (Å²) in [5, 5.41) is 11.4. The molecule has 0 aliphatic heterocycles. The van der Waals surface area contributed by atoms with Crippen LogP contribution in [0.25, 0.3) is 11.0 Å². The van der Waals surface area contributed by atoms with Gasteiger partial charge in [-0.1, -0.05) is 30.3 Å². The van der Waals surface area contributed by atoms with Gasteiger partial charge in [-0.3, -0.25) is 19.2 Å². The smallest absolute Gasteiger partial charge is 0.445 e. The first-order valence-electron chi connectivity index (χ1n) is 16.3. The number of nitrogens with one attached hydrogen (secondary N) is 5. The van der Waals surface area contributed by atoms with Crippen LogP contribution < -0.4 is 32.2 Å². The fraction of sp³-hybridized carbons (Fsp3) is 0.412. The largest absolute Gasteiger partial charge is 0.471 e. The Morgan fingerprint density at radius 1 is 0.736 bits per heavy atom. The number of hydrogen-bond acceptors (Lipinski definition) is 8. The lowest BCUT2D eigenvalue weighted by molar-refractivity contribution is -0.173. The first-order valence-corrected chi connectivity index (χ1v) is 16.3. The number of halogens is 6. The van der Waals surface area contributed by atoms with E-state index in [9.17, 15) is 55.1 Å². The molecule has 0 radical (unpaired) electrons. The van der Waals surface area contributed by atoms with Crippen LogP contribution in [0.5, 0.6) is 0 Å². The molecule has 0 aliphatic rings. The molecule has 1 heterocycles. The highest BCUT2D eigenvalue weighted by atomic mass is 19.4. The van der Waals surface area contributed by atoms with Crippen LogP contribution in [0.2, 0.25) is 0 Å². The quantitative estimate of drug-likeness (QED) is 0.0757. The van der Waals surface area contributed by atoms with Gasteiger partial charge in [0.2, 0.25) is 11.8 Å². The molecule has 0 bridgehead atoms. The zero-order valence-corrected chi connectivity index (χ0v) is 28.2. The zero-order chi connectivity index (χ0) is 39.2. The van der Waals surface area contributed by atoms with E-state index >= 15 is 0 Å². The van der Waals surface area contributed by atoms with Gasteiger partial charge in [-0.15, -0.1) is 0 Å². The summed E-state index contributed by atoms with van der Waals surface area (Å²) in [7, 11) is 0. The minimum absolute atomic E-state index is 0.0205. The minimum atomic E-state index is -5.10. The second-order valence-electron chi connectivity index (χ2n) is 11.8. The average molecular weight is 758 g/mol. The second kappa shape index (κ2) is 19.3. The average Bonchev–Trinajstić information content (AvgIpc) is 3.08. The van der Waals surface area contributed by atoms with Crippen LogP contribution in [0.3, 0.4) is 0 Å². The van der Waals surface area contributed by atoms with Crippen molar-refractivity contribution in [2.45, 2.75) is 76.5 Å². The number of carbonyl (C=O) groups is 5. The molecule has 0 aliphatic carbocycles. The first-order chi connectivity index (χ1) is 24.9. The van der Waals surface area contributed by atoms with Gasteiger partial charge in [0.15, 0.2) is 0 Å². The number of benzene rings is 2. The van der Waals surface area contributed by atoms with E-state index in [0.717, 1.165) is 0 Å². The maximum Gasteiger partial charge on any atom is 0.471 e. The SMILES string of the molecule is Cc1cc(=O)oc2cc(NC(=O)[C@H](CCCCNC(=O)C(F)(F)F)NC(=O)[C@H](CCCCNC(=O)C(F)(F)F)NC(=O)OCc3ccccc3)ccc12. The Hall–Kier alpha value is -5.62. The summed E-state index contributed by atoms with van der Waals surface area (Å²) in [5.41, 5.74) is 0.909. The molecule has 53 heavy (non-hydrogen) atoms. The van der Waals surface area contributed by atoms with Gasteiger partial charge in [-0.05, 0) is 68.7 Å². The van der Waals surface area contributed by atoms with Crippen molar-refractivity contribution in [2.75, 3.05) is 18.4 Å². The molecule has 1 aromatic heterocycles. The molecule has 2 atom stereocenters. The van der Waals surface area contributed by atoms with E-state index in [1.54, 1.807) is 54.0 Å². The summed E-state index contributed by atoms with van der Waals surface area (Å²) < 4.78 is 85.7. The highest BCUT2D eigenvalue weighted by molar-refractivity contribution is 5.99. The summed E-state index contributed by atoms with van der Waals surface area (Å²) >= 11 is 0. The van der Waals surface area contributed by atoms with Crippen LogP contribution in [0.1, 0.15) is 49.7 Å². The van der Waals surface area contributed by atoms with Crippen LogP contribution >= 0.6 is 0 Å². The molecule has 3 rings (SSSR count). The van der Waals surface area contributed by atoms with Crippen molar-refractivity contribution < 1.29 is 59.5 Å². The number of carbonyl (C=O) groups excluding carboxylic acids is 5. The molecule has 0 saturated carbocycles. The number of rotatable bonds is 17. The summed E-state index contributed by atoms with van der Waals surface area (Å²) in [6, 6.07) is 11.5. The van der Waals surface area contributed by atoms with Crippen molar-refractivity contribution >= 4 is 46.4 Å². The van der Waals surface area contributed by atoms with Gasteiger partial charge in [0.1, 0.15) is 24.3 Å². The van der Waals surface area contributed by atoms with Crippen LogP contribution in [-0.4, -0.2) is 67.2 Å². The Kier molecular flexibility index (Phi) is 15.2. The monoisotopic (exact) mass is 757 g/mol. The zero-order valence-electron chi connectivity index (χ0n) is 28.2. The van der Waals surface area contributed by atoms with Gasteiger partial charge < -0.3 is 35.7 Å². The second-order valence-corrected chi connectivity index (χ2v) is 11.8. The summed E-state index contributed by atoms with van der Waals surface area (Å²) in [4.78, 5) is 73.9. The number of fused-ring (bicyclic) bond motifs is 1. The lowest BCUT2D eigenvalue weighted by Crippen LogP contribution is -2.52. The third-order valence-corrected chi connectivity index (χ3v) is 7.60. The number of unbranched alkanes of at least 4 members (excludes halogenated alkanes) is 2. The Labute approximate surface area is 298 Å². The van der Waals surface area contributed by atoms with Crippen LogP contribution in [0, 0.1) is 6.92 Å². The minimum Gasteiger partial charge on any atom is -0.445 e. The molecule has 5 amide bonds. The molecule has 19 heteroatoms. The van der Waals surface area contributed by atoms with Crippen molar-refractivity contribution in [1.82, 2.24) is 21.3 Å². The van der Waals surface area contributed by atoms with Gasteiger partial charge in [0, 0.05) is 36.3 Å². The van der Waals surface area contributed by atoms with Crippen LogP contribution in [0.15, 0.2) is 63.8 Å². The van der Waals surface area contributed by atoms with Gasteiger partial charge in [-0.2, -0.15) is 26.3 Å². The van der Waals surface area contributed by atoms with Gasteiger partial charge in [-0.25, -0.2) is 9.59 Å². The predicted molar refractivity (Wildman–Crippen MR) is 177 cm³/mol. The normalized spacial score (nSPS) is 12.7. The lowest BCUT2D eigenvalue weighted by Gasteiger charge is -2.23. The number of alkyl halides is 6. The van der Waals surface area contributed by atoms with Crippen molar-refractivity contribution in [3.63, 3.8) is 0 Å². The molecule has 2 aromatic carbocycles. The summed E-state index contributed by atoms with van der Waals surface area (Å²) in [6.07, 6.45) is -11.6. The van der Waals surface area contributed by atoms with Gasteiger partial charge >= 0.3 is 35.9 Å². The molecule has 0 saturated heterocycles. The molecule has 0 fully saturated rings. The number of aryl methyl sites for hydroxylation is 1. The van der Waals surface area contributed by atoms with Crippen LogP contribution in [0.4, 0.5) is 36.8 Å². The van der Waals surface area contributed by atoms with Crippen molar-refractivity contribution in [3.05, 3.63) is 76.1 Å². The highest BCUT2D eigenvalue weighted by Crippen LogP contribution is 2.21. The van der Waals surface area contributed by atoms with E-state index in [1.807, 2.05) is 0 Å². The number of amides is 5. The standard InChI is InChI=1S/C34H37F6N5O8/c1-20-17-27(46)53-26-18-22(13-14-23(20)26)43-28(47)24(11-5-7-15-41-30(49)33(35,36)37)44-29(48)25(12-6-8-16-42-31(50)34(38,39)40)45-32(51)52-19-21-9-3-2-4-10-21/h2-4,9-10,13-14,17-18,24-25H,5-8,11-12,15-16,19H2,1H3,(H,41,49)(H,42,50)(H,43,47)(H,44,48)(H,45,51)/t24-,25-/m0/s1. The number of alkyl carbamates (subject to hydrolysis) is 1. The number of ether oxygens (including phenoxy) is 1. The molecule has 288 valence electrons. The lowest BCUT2D eigenvalue weighted by atomic mass is 10.1. The Balaban J connectivity index is 1.75. The topological polar surface area (TPSA) is 185 Å². The third-order valence-electron chi connectivity index (χ3n) is 7.60. The van der Waals surface area contributed by atoms with Gasteiger partial charge in [0.05, 0.1) is 0 Å². The fourth-order valence-electron chi connectivity index (χ4n) is 4.90. The maximum absolute atomic E-state index is 13.6. The highest BCUT2D eigenvalue weighted by Gasteiger charge is 2.39. The summed E-state index contributed by atoms with van der Waals surface area (Å²) in [6.45, 7) is 0.713. The first kappa shape index (κ1) is 41.8. The van der Waals surface area contributed by atoms with Gasteiger partial charge in [0.25, 0.3) is 0 Å². The Bertz CT molecular complexity index is 1800. The van der Waals surface area contributed by atoms with Crippen molar-refractivity contribution in [2.24, 2.45) is 0 Å².